The molecule has 1 aromatic carbocycles. The van der Waals surface area contributed by atoms with Crippen molar-refractivity contribution in [2.45, 2.75) is 32.2 Å². The predicted molar refractivity (Wildman–Crippen MR) is 70.2 cm³/mol. The Bertz CT molecular complexity index is 419. The molecule has 0 fully saturated rings. The van der Waals surface area contributed by atoms with Gasteiger partial charge < -0.3 is 11.1 Å². The molecule has 0 radical (unpaired) electrons. The van der Waals surface area contributed by atoms with Gasteiger partial charge in [-0.1, -0.05) is 29.8 Å². The lowest BCUT2D eigenvalue weighted by Gasteiger charge is -2.25. The summed E-state index contributed by atoms with van der Waals surface area (Å²) < 4.78 is 14.1. The summed E-state index contributed by atoms with van der Waals surface area (Å²) in [5.74, 6) is -0.837. The van der Waals surface area contributed by atoms with Gasteiger partial charge in [0.1, 0.15) is 5.82 Å². The zero-order valence-corrected chi connectivity index (χ0v) is 11.5. The van der Waals surface area contributed by atoms with Gasteiger partial charge in [-0.15, -0.1) is 0 Å². The second kappa shape index (κ2) is 5.60. The fourth-order valence-electron chi connectivity index (χ4n) is 1.41. The van der Waals surface area contributed by atoms with E-state index in [1.807, 2.05) is 13.8 Å². The van der Waals surface area contributed by atoms with E-state index in [2.05, 4.69) is 21.2 Å². The fourth-order valence-corrected chi connectivity index (χ4v) is 1.77. The molecule has 3 N–H and O–H groups in total. The van der Waals surface area contributed by atoms with E-state index in [-0.39, 0.29) is 11.6 Å². The topological polar surface area (TPSA) is 55.1 Å². The summed E-state index contributed by atoms with van der Waals surface area (Å²) in [5.41, 5.74) is 5.12. The monoisotopic (exact) mass is 302 g/mol. The van der Waals surface area contributed by atoms with Crippen molar-refractivity contribution < 1.29 is 9.18 Å². The number of halogens is 2. The zero-order valence-electron chi connectivity index (χ0n) is 9.89. The molecule has 0 aromatic heterocycles. The first-order chi connectivity index (χ1) is 7.92. The van der Waals surface area contributed by atoms with Crippen molar-refractivity contribution in [2.75, 3.05) is 5.32 Å². The summed E-state index contributed by atoms with van der Waals surface area (Å²) in [6, 6.07) is 4.37. The Labute approximate surface area is 109 Å². The third kappa shape index (κ3) is 3.26. The SMILES string of the molecule is CCC(N)(CC)C(=O)Nc1cc(Br)ccc1F. The third-order valence-electron chi connectivity index (χ3n) is 2.89. The van der Waals surface area contributed by atoms with Crippen LogP contribution in [0, 0.1) is 5.82 Å². The van der Waals surface area contributed by atoms with Crippen LogP contribution in [0.1, 0.15) is 26.7 Å². The van der Waals surface area contributed by atoms with E-state index < -0.39 is 11.4 Å². The smallest absolute Gasteiger partial charge is 0.244 e. The number of hydrogen-bond acceptors (Lipinski definition) is 2. The molecule has 0 bridgehead atoms. The van der Waals surface area contributed by atoms with E-state index in [1.165, 1.54) is 12.1 Å². The lowest BCUT2D eigenvalue weighted by Crippen LogP contribution is -2.50. The highest BCUT2D eigenvalue weighted by atomic mass is 79.9. The molecular formula is C12H16BrFN2O. The van der Waals surface area contributed by atoms with Crippen molar-refractivity contribution >= 4 is 27.5 Å². The second-order valence-electron chi connectivity index (χ2n) is 3.94. The van der Waals surface area contributed by atoms with Crippen molar-refractivity contribution in [3.8, 4) is 0 Å². The molecule has 0 heterocycles. The normalized spacial score (nSPS) is 11.4. The van der Waals surface area contributed by atoms with Crippen LogP contribution in [0.5, 0.6) is 0 Å². The highest BCUT2D eigenvalue weighted by Gasteiger charge is 2.30. The van der Waals surface area contributed by atoms with E-state index in [9.17, 15) is 9.18 Å². The van der Waals surface area contributed by atoms with Crippen molar-refractivity contribution in [1.82, 2.24) is 0 Å². The number of nitrogens with one attached hydrogen (secondary N) is 1. The minimum absolute atomic E-state index is 0.140. The lowest BCUT2D eigenvalue weighted by atomic mass is 9.93. The molecule has 0 aliphatic carbocycles. The van der Waals surface area contributed by atoms with Crippen LogP contribution >= 0.6 is 15.9 Å². The molecule has 0 atom stereocenters. The van der Waals surface area contributed by atoms with Crippen LogP contribution < -0.4 is 11.1 Å². The van der Waals surface area contributed by atoms with Gasteiger partial charge in [-0.25, -0.2) is 4.39 Å². The van der Waals surface area contributed by atoms with Crippen LogP contribution in [-0.2, 0) is 4.79 Å². The Hall–Kier alpha value is -0.940. The van der Waals surface area contributed by atoms with Gasteiger partial charge in [-0.05, 0) is 31.0 Å². The highest BCUT2D eigenvalue weighted by Crippen LogP contribution is 2.22. The average Bonchev–Trinajstić information content (AvgIpc) is 2.32. The maximum atomic E-state index is 13.4. The van der Waals surface area contributed by atoms with Crippen molar-refractivity contribution in [3.05, 3.63) is 28.5 Å². The highest BCUT2D eigenvalue weighted by molar-refractivity contribution is 9.10. The molecule has 5 heteroatoms. The van der Waals surface area contributed by atoms with Crippen LogP contribution in [0.4, 0.5) is 10.1 Å². The van der Waals surface area contributed by atoms with Crippen LogP contribution in [0.3, 0.4) is 0 Å². The third-order valence-corrected chi connectivity index (χ3v) is 3.38. The molecule has 0 aliphatic rings. The van der Waals surface area contributed by atoms with E-state index in [0.717, 1.165) is 0 Å². The first-order valence-electron chi connectivity index (χ1n) is 5.48. The fraction of sp³-hybridized carbons (Fsp3) is 0.417. The minimum Gasteiger partial charge on any atom is -0.322 e. The van der Waals surface area contributed by atoms with E-state index in [0.29, 0.717) is 17.3 Å². The maximum absolute atomic E-state index is 13.4. The van der Waals surface area contributed by atoms with Gasteiger partial charge in [0.05, 0.1) is 11.2 Å². The molecule has 1 rings (SSSR count). The van der Waals surface area contributed by atoms with E-state index >= 15 is 0 Å². The summed E-state index contributed by atoms with van der Waals surface area (Å²) in [6.45, 7) is 3.67. The van der Waals surface area contributed by atoms with Crippen LogP contribution in [0.25, 0.3) is 0 Å². The Morgan fingerprint density at radius 1 is 1.47 bits per heavy atom. The summed E-state index contributed by atoms with van der Waals surface area (Å²) in [7, 11) is 0. The van der Waals surface area contributed by atoms with Gasteiger partial charge in [-0.2, -0.15) is 0 Å². The van der Waals surface area contributed by atoms with Gasteiger partial charge in [-0.3, -0.25) is 4.79 Å². The van der Waals surface area contributed by atoms with E-state index in [1.54, 1.807) is 6.07 Å². The quantitative estimate of drug-likeness (QED) is 0.898. The lowest BCUT2D eigenvalue weighted by molar-refractivity contribution is -0.121. The van der Waals surface area contributed by atoms with Gasteiger partial charge in [0.2, 0.25) is 5.91 Å². The standard InChI is InChI=1S/C12H16BrFN2O/c1-3-12(15,4-2)11(17)16-10-7-8(13)5-6-9(10)14/h5-7H,3-4,15H2,1-2H3,(H,16,17). The Morgan fingerprint density at radius 2 is 2.06 bits per heavy atom. The van der Waals surface area contributed by atoms with E-state index in [4.69, 9.17) is 5.73 Å². The molecule has 0 aliphatic heterocycles. The molecule has 0 saturated carbocycles. The summed E-state index contributed by atoms with van der Waals surface area (Å²) >= 11 is 3.22. The number of amides is 1. The molecule has 0 saturated heterocycles. The number of hydrogen-bond donors (Lipinski definition) is 2. The van der Waals surface area contributed by atoms with Gasteiger partial charge >= 0.3 is 0 Å². The Kier molecular flexibility index (Phi) is 4.65. The summed E-state index contributed by atoms with van der Waals surface area (Å²) in [4.78, 5) is 11.9. The molecule has 0 spiro atoms. The Balaban J connectivity index is 2.91. The van der Waals surface area contributed by atoms with Gasteiger partial charge in [0.25, 0.3) is 0 Å². The van der Waals surface area contributed by atoms with Crippen molar-refractivity contribution in [3.63, 3.8) is 0 Å². The van der Waals surface area contributed by atoms with Crippen molar-refractivity contribution in [2.24, 2.45) is 5.73 Å². The number of rotatable bonds is 4. The second-order valence-corrected chi connectivity index (χ2v) is 4.86. The number of anilines is 1. The minimum atomic E-state index is -0.950. The molecule has 1 aromatic rings. The zero-order chi connectivity index (χ0) is 13.1. The number of benzene rings is 1. The molecule has 3 nitrogen and oxygen atoms in total. The molecule has 17 heavy (non-hydrogen) atoms. The number of carbonyl (C=O) groups is 1. The Morgan fingerprint density at radius 3 is 2.59 bits per heavy atom. The van der Waals surface area contributed by atoms with Crippen LogP contribution in [-0.4, -0.2) is 11.4 Å². The maximum Gasteiger partial charge on any atom is 0.244 e. The van der Waals surface area contributed by atoms with Gasteiger partial charge in [0, 0.05) is 4.47 Å². The van der Waals surface area contributed by atoms with Gasteiger partial charge in [0.15, 0.2) is 0 Å². The number of carbonyl (C=O) groups excluding carboxylic acids is 1. The summed E-state index contributed by atoms with van der Waals surface area (Å²) in [5, 5.41) is 2.52. The van der Waals surface area contributed by atoms with Crippen molar-refractivity contribution in [1.29, 1.82) is 0 Å². The van der Waals surface area contributed by atoms with Crippen LogP contribution in [0.15, 0.2) is 22.7 Å². The average molecular weight is 303 g/mol. The predicted octanol–water partition coefficient (Wildman–Crippen LogP) is 3.04. The molecular weight excluding hydrogens is 287 g/mol. The molecule has 1 amide bonds. The summed E-state index contributed by atoms with van der Waals surface area (Å²) in [6.07, 6.45) is 1.01. The van der Waals surface area contributed by atoms with Crippen LogP contribution in [0.2, 0.25) is 0 Å². The molecule has 0 unspecified atom stereocenters. The largest absolute Gasteiger partial charge is 0.322 e. The number of nitrogens with two attached hydrogens (primary N) is 1. The first kappa shape index (κ1) is 14.1. The first-order valence-corrected chi connectivity index (χ1v) is 6.27. The molecule has 94 valence electrons.